The molecule has 3 nitrogen and oxygen atoms in total. The number of primary amides is 1. The molecule has 1 aromatic carbocycles. The third-order valence-corrected chi connectivity index (χ3v) is 2.80. The van der Waals surface area contributed by atoms with Crippen LogP contribution in [-0.4, -0.2) is 10.9 Å². The fourth-order valence-electron chi connectivity index (χ4n) is 1.98. The third-order valence-electron chi connectivity index (χ3n) is 2.80. The van der Waals surface area contributed by atoms with Crippen molar-refractivity contribution in [2.24, 2.45) is 5.73 Å². The molecule has 0 saturated carbocycles. The van der Waals surface area contributed by atoms with Gasteiger partial charge in [-0.05, 0) is 24.1 Å². The summed E-state index contributed by atoms with van der Waals surface area (Å²) in [5.74, 6) is -0.317. The molecule has 0 bridgehead atoms. The zero-order valence-electron chi connectivity index (χ0n) is 9.86. The van der Waals surface area contributed by atoms with Gasteiger partial charge in [0.2, 0.25) is 5.91 Å². The number of aromatic nitrogens is 1. The number of nitrogens with two attached hydrogens (primary N) is 1. The van der Waals surface area contributed by atoms with Gasteiger partial charge in [0, 0.05) is 17.0 Å². The normalized spacial score (nSPS) is 10.4. The van der Waals surface area contributed by atoms with Crippen molar-refractivity contribution in [1.29, 1.82) is 0 Å². The van der Waals surface area contributed by atoms with E-state index in [0.29, 0.717) is 0 Å². The van der Waals surface area contributed by atoms with Crippen LogP contribution < -0.4 is 5.73 Å². The summed E-state index contributed by atoms with van der Waals surface area (Å²) >= 11 is 0. The minimum atomic E-state index is -0.317. The smallest absolute Gasteiger partial charge is 0.223 e. The number of H-pyrrole nitrogens is 1. The van der Waals surface area contributed by atoms with E-state index in [1.165, 1.54) is 11.1 Å². The Morgan fingerprint density at radius 2 is 2.00 bits per heavy atom. The number of carbonyl (C=O) groups is 1. The molecule has 0 atom stereocenters. The summed E-state index contributed by atoms with van der Waals surface area (Å²) < 4.78 is 0. The van der Waals surface area contributed by atoms with Gasteiger partial charge in [0.25, 0.3) is 0 Å². The van der Waals surface area contributed by atoms with Crippen molar-refractivity contribution in [3.05, 3.63) is 47.7 Å². The predicted octanol–water partition coefficient (Wildman–Crippen LogP) is 2.27. The van der Waals surface area contributed by atoms with E-state index in [9.17, 15) is 4.79 Å². The monoisotopic (exact) mass is 228 g/mol. The molecular weight excluding hydrogens is 212 g/mol. The Balaban J connectivity index is 2.33. The van der Waals surface area contributed by atoms with Gasteiger partial charge in [-0.1, -0.05) is 31.2 Å². The lowest BCUT2D eigenvalue weighted by Crippen LogP contribution is -2.13. The van der Waals surface area contributed by atoms with Gasteiger partial charge in [-0.3, -0.25) is 4.79 Å². The van der Waals surface area contributed by atoms with E-state index in [-0.39, 0.29) is 12.3 Å². The zero-order valence-corrected chi connectivity index (χ0v) is 9.86. The number of amides is 1. The fourth-order valence-corrected chi connectivity index (χ4v) is 1.98. The summed E-state index contributed by atoms with van der Waals surface area (Å²) in [6.07, 6.45) is 1.24. The van der Waals surface area contributed by atoms with Gasteiger partial charge in [0.05, 0.1) is 6.42 Å². The average Bonchev–Trinajstić information content (AvgIpc) is 2.76. The minimum Gasteiger partial charge on any atom is -0.369 e. The lowest BCUT2D eigenvalue weighted by atomic mass is 10.0. The van der Waals surface area contributed by atoms with Crippen LogP contribution in [0.3, 0.4) is 0 Å². The second-order valence-electron chi connectivity index (χ2n) is 4.05. The number of hydrogen-bond donors (Lipinski definition) is 2. The maximum absolute atomic E-state index is 10.8. The van der Waals surface area contributed by atoms with Gasteiger partial charge in [-0.15, -0.1) is 0 Å². The molecule has 0 fully saturated rings. The Kier molecular flexibility index (Phi) is 3.28. The molecule has 17 heavy (non-hydrogen) atoms. The highest BCUT2D eigenvalue weighted by Crippen LogP contribution is 2.23. The van der Waals surface area contributed by atoms with Crippen molar-refractivity contribution >= 4 is 5.91 Å². The first-order valence-corrected chi connectivity index (χ1v) is 5.75. The van der Waals surface area contributed by atoms with Crippen molar-refractivity contribution in [2.75, 3.05) is 0 Å². The molecule has 2 aromatic rings. The summed E-state index contributed by atoms with van der Waals surface area (Å²) in [5.41, 5.74) is 9.55. The lowest BCUT2D eigenvalue weighted by Gasteiger charge is -2.05. The number of aryl methyl sites for hydroxylation is 1. The van der Waals surface area contributed by atoms with Gasteiger partial charge in [0.15, 0.2) is 0 Å². The van der Waals surface area contributed by atoms with Crippen LogP contribution >= 0.6 is 0 Å². The largest absolute Gasteiger partial charge is 0.369 e. The number of carbonyl (C=O) groups excluding carboxylic acids is 1. The van der Waals surface area contributed by atoms with E-state index in [1.807, 2.05) is 24.3 Å². The highest BCUT2D eigenvalue weighted by Gasteiger charge is 2.06. The average molecular weight is 228 g/mol. The van der Waals surface area contributed by atoms with E-state index in [2.05, 4.69) is 24.0 Å². The maximum atomic E-state index is 10.8. The lowest BCUT2D eigenvalue weighted by molar-refractivity contribution is -0.117. The molecule has 2 rings (SSSR count). The third kappa shape index (κ3) is 2.56. The maximum Gasteiger partial charge on any atom is 0.223 e. The number of rotatable bonds is 4. The van der Waals surface area contributed by atoms with Crippen molar-refractivity contribution in [3.63, 3.8) is 0 Å². The van der Waals surface area contributed by atoms with Crippen molar-refractivity contribution < 1.29 is 4.79 Å². The SMILES string of the molecule is CCc1ccccc1-c1ccc(CC(N)=O)[nH]1. The number of aromatic amines is 1. The molecule has 0 radical (unpaired) electrons. The Hall–Kier alpha value is -2.03. The topological polar surface area (TPSA) is 58.9 Å². The molecule has 0 aliphatic rings. The summed E-state index contributed by atoms with van der Waals surface area (Å²) in [5, 5.41) is 0. The van der Waals surface area contributed by atoms with Crippen LogP contribution in [0.2, 0.25) is 0 Å². The van der Waals surface area contributed by atoms with Gasteiger partial charge in [-0.2, -0.15) is 0 Å². The first-order valence-electron chi connectivity index (χ1n) is 5.75. The summed E-state index contributed by atoms with van der Waals surface area (Å²) in [6.45, 7) is 2.13. The van der Waals surface area contributed by atoms with Gasteiger partial charge in [0.1, 0.15) is 0 Å². The molecule has 0 unspecified atom stereocenters. The second kappa shape index (κ2) is 4.87. The van der Waals surface area contributed by atoms with E-state index in [1.54, 1.807) is 0 Å². The van der Waals surface area contributed by atoms with Crippen LogP contribution in [0.5, 0.6) is 0 Å². The summed E-state index contributed by atoms with van der Waals surface area (Å²) in [4.78, 5) is 14.1. The first-order chi connectivity index (χ1) is 8.20. The molecule has 0 aliphatic carbocycles. The highest BCUT2D eigenvalue weighted by atomic mass is 16.1. The molecule has 0 spiro atoms. The van der Waals surface area contributed by atoms with Crippen LogP contribution in [0.15, 0.2) is 36.4 Å². The van der Waals surface area contributed by atoms with E-state index in [4.69, 9.17) is 5.73 Å². The Morgan fingerprint density at radius 1 is 1.24 bits per heavy atom. The quantitative estimate of drug-likeness (QED) is 0.828. The van der Waals surface area contributed by atoms with Gasteiger partial charge in [-0.25, -0.2) is 0 Å². The van der Waals surface area contributed by atoms with Crippen LogP contribution in [0.1, 0.15) is 18.2 Å². The van der Waals surface area contributed by atoms with Crippen LogP contribution in [0.25, 0.3) is 11.3 Å². The minimum absolute atomic E-state index is 0.258. The standard InChI is InChI=1S/C14H16N2O/c1-2-10-5-3-4-6-12(10)13-8-7-11(16-13)9-14(15)17/h3-8,16H,2,9H2,1H3,(H2,15,17). The first kappa shape index (κ1) is 11.5. The summed E-state index contributed by atoms with van der Waals surface area (Å²) in [7, 11) is 0. The van der Waals surface area contributed by atoms with Crippen LogP contribution in [0, 0.1) is 0 Å². The molecule has 88 valence electrons. The molecule has 1 amide bonds. The fraction of sp³-hybridized carbons (Fsp3) is 0.214. The highest BCUT2D eigenvalue weighted by molar-refractivity contribution is 5.76. The Labute approximate surface area is 101 Å². The predicted molar refractivity (Wildman–Crippen MR) is 68.5 cm³/mol. The number of nitrogens with one attached hydrogen (secondary N) is 1. The molecule has 1 heterocycles. The van der Waals surface area contributed by atoms with Crippen LogP contribution in [-0.2, 0) is 17.6 Å². The molecule has 0 aliphatic heterocycles. The van der Waals surface area contributed by atoms with Gasteiger partial charge >= 0.3 is 0 Å². The summed E-state index contributed by atoms with van der Waals surface area (Å²) in [6, 6.07) is 12.2. The van der Waals surface area contributed by atoms with Crippen molar-refractivity contribution in [1.82, 2.24) is 4.98 Å². The van der Waals surface area contributed by atoms with Gasteiger partial charge < -0.3 is 10.7 Å². The second-order valence-corrected chi connectivity index (χ2v) is 4.05. The molecule has 3 heteroatoms. The molecule has 0 saturated heterocycles. The van der Waals surface area contributed by atoms with Crippen molar-refractivity contribution in [3.8, 4) is 11.3 Å². The number of hydrogen-bond acceptors (Lipinski definition) is 1. The Bertz CT molecular complexity index is 529. The van der Waals surface area contributed by atoms with E-state index in [0.717, 1.165) is 17.8 Å². The molecule has 1 aromatic heterocycles. The number of benzene rings is 1. The molecular formula is C14H16N2O. The van der Waals surface area contributed by atoms with E-state index >= 15 is 0 Å². The zero-order chi connectivity index (χ0) is 12.3. The molecule has 3 N–H and O–H groups in total. The van der Waals surface area contributed by atoms with E-state index < -0.39 is 0 Å². The van der Waals surface area contributed by atoms with Crippen molar-refractivity contribution in [2.45, 2.75) is 19.8 Å². The Morgan fingerprint density at radius 3 is 2.71 bits per heavy atom. The van der Waals surface area contributed by atoms with Crippen LogP contribution in [0.4, 0.5) is 0 Å².